The van der Waals surface area contributed by atoms with Crippen LogP contribution in [-0.4, -0.2) is 14.5 Å². The molecule has 7 heavy (non-hydrogen) atoms. The van der Waals surface area contributed by atoms with E-state index in [0.717, 1.165) is 0 Å². The molecule has 0 aromatic heterocycles. The van der Waals surface area contributed by atoms with Crippen molar-refractivity contribution in [1.29, 1.82) is 0 Å². The second-order valence-corrected chi connectivity index (χ2v) is 1.80. The summed E-state index contributed by atoms with van der Waals surface area (Å²) in [6.07, 6.45) is -0.471. The van der Waals surface area contributed by atoms with E-state index >= 15 is 0 Å². The minimum atomic E-state index is -2.70. The Morgan fingerprint density at radius 3 is 2.14 bits per heavy atom. The summed E-state index contributed by atoms with van der Waals surface area (Å²) in [6, 6.07) is 0. The van der Waals surface area contributed by atoms with Gasteiger partial charge in [-0.1, -0.05) is 0 Å². The van der Waals surface area contributed by atoms with Gasteiger partial charge in [-0.15, -0.1) is 0 Å². The average Bonchev–Trinajstić information content (AvgIpc) is 1.27. The van der Waals surface area contributed by atoms with Gasteiger partial charge in [0, 0.05) is 0 Å². The van der Waals surface area contributed by atoms with E-state index in [0.29, 0.717) is 0 Å². The molecule has 0 heterocycles. The van der Waals surface area contributed by atoms with E-state index in [1.54, 1.807) is 6.92 Å². The molecule has 0 saturated heterocycles. The van der Waals surface area contributed by atoms with Gasteiger partial charge in [0.05, 0.1) is 6.10 Å². The smallest absolute Gasteiger partial charge is 0.257 e. The maximum absolute atomic E-state index is 9.58. The van der Waals surface area contributed by atoms with Gasteiger partial charge in [-0.2, -0.15) is 0 Å². The van der Waals surface area contributed by atoms with E-state index in [4.69, 9.17) is 0 Å². The fraction of sp³-hybridized carbons (Fsp3) is 0.667. The second kappa shape index (κ2) is 2.98. The molecule has 0 aliphatic heterocycles. The van der Waals surface area contributed by atoms with Crippen molar-refractivity contribution in [3.8, 4) is 0 Å². The highest BCUT2D eigenvalue weighted by Gasteiger charge is 1.89. The maximum atomic E-state index is 9.58. The summed E-state index contributed by atoms with van der Waals surface area (Å²) >= 11 is 0. The Morgan fingerprint density at radius 2 is 2.14 bits per heavy atom. The van der Waals surface area contributed by atoms with Gasteiger partial charge < -0.3 is 0 Å². The Labute approximate surface area is 44.4 Å². The van der Waals surface area contributed by atoms with E-state index in [-0.39, 0.29) is 0 Å². The van der Waals surface area contributed by atoms with Crippen LogP contribution in [0.5, 0.6) is 0 Å². The third-order valence-corrected chi connectivity index (χ3v) is 0.798. The molecule has 43 valence electrons. The molecule has 3 nitrogen and oxygen atoms in total. The first-order valence-electron chi connectivity index (χ1n) is 1.77. The topological polar surface area (TPSA) is 43.4 Å². The Morgan fingerprint density at radius 1 is 1.71 bits per heavy atom. The number of hydrogen-bond acceptors (Lipinski definition) is 3. The minimum Gasteiger partial charge on any atom is -0.269 e. The molecule has 1 radical (unpaired) electrons. The van der Waals surface area contributed by atoms with Crippen LogP contribution >= 0.6 is 0 Å². The number of rotatable bonds is 2. The summed E-state index contributed by atoms with van der Waals surface area (Å²) in [5.74, 6) is 0. The Bertz CT molecular complexity index is 96.7. The van der Waals surface area contributed by atoms with Crippen molar-refractivity contribution in [3.05, 3.63) is 6.92 Å². The molecule has 0 aromatic carbocycles. The van der Waals surface area contributed by atoms with E-state index in [2.05, 4.69) is 11.1 Å². The van der Waals surface area contributed by atoms with Crippen LogP contribution in [0, 0.1) is 6.92 Å². The fourth-order valence-corrected chi connectivity index (χ4v) is 0.441. The van der Waals surface area contributed by atoms with E-state index < -0.39 is 17.1 Å². The molecule has 0 fully saturated rings. The number of hydrogen-bond donors (Lipinski definition) is 1. The molecule has 0 aromatic rings. The molecule has 0 bridgehead atoms. The first-order valence-corrected chi connectivity index (χ1v) is 2.86. The van der Waals surface area contributed by atoms with Crippen molar-refractivity contribution < 1.29 is 12.6 Å². The van der Waals surface area contributed by atoms with Gasteiger partial charge in [-0.05, 0) is 13.8 Å². The van der Waals surface area contributed by atoms with Crippen molar-refractivity contribution in [2.45, 2.75) is 13.0 Å². The molecule has 0 amide bonds. The second-order valence-electron chi connectivity index (χ2n) is 1.14. The van der Waals surface area contributed by atoms with Crippen LogP contribution in [0.3, 0.4) is 0 Å². The minimum absolute atomic E-state index is 0.471. The lowest BCUT2D eigenvalue weighted by atomic mass is 10.5. The largest absolute Gasteiger partial charge is 0.269 e. The van der Waals surface area contributed by atoms with Gasteiger partial charge in [0.25, 0.3) is 11.0 Å². The molecule has 0 aliphatic rings. The normalized spacial score (nSPS) is 10.9. The Hall–Kier alpha value is -0.0900. The van der Waals surface area contributed by atoms with Gasteiger partial charge >= 0.3 is 0 Å². The van der Waals surface area contributed by atoms with Gasteiger partial charge in [-0.25, -0.2) is 8.42 Å². The zero-order valence-electron chi connectivity index (χ0n) is 3.96. The van der Waals surface area contributed by atoms with Crippen molar-refractivity contribution in [1.82, 2.24) is 0 Å². The monoisotopic (exact) mass is 123 g/mol. The van der Waals surface area contributed by atoms with Crippen LogP contribution in [0.2, 0.25) is 0 Å². The lowest BCUT2D eigenvalue weighted by Crippen LogP contribution is -1.99. The molecule has 0 rings (SSSR count). The third kappa shape index (κ3) is 5.91. The molecule has 0 N–H and O–H groups in total. The Balaban J connectivity index is 3.32. The molecule has 0 spiro atoms. The first-order chi connectivity index (χ1) is 3.13. The summed E-state index contributed by atoms with van der Waals surface area (Å²) in [4.78, 5) is 0. The van der Waals surface area contributed by atoms with Gasteiger partial charge in [-0.3, -0.25) is 4.18 Å². The SMILES string of the molecule is [CH2]C(C)O[SH](=O)=O. The van der Waals surface area contributed by atoms with Crippen molar-refractivity contribution in [3.63, 3.8) is 0 Å². The molecule has 1 atom stereocenters. The Kier molecular flexibility index (Phi) is 2.95. The van der Waals surface area contributed by atoms with Gasteiger partial charge in [0.2, 0.25) is 0 Å². The van der Waals surface area contributed by atoms with Crippen LogP contribution in [0.4, 0.5) is 0 Å². The van der Waals surface area contributed by atoms with Crippen molar-refractivity contribution in [2.75, 3.05) is 0 Å². The standard InChI is InChI=1S/C3H7O3S/c1-3(2)6-7(4)5/h3,7H,1H2,2H3. The number of thiol groups is 1. The van der Waals surface area contributed by atoms with E-state index in [1.165, 1.54) is 0 Å². The van der Waals surface area contributed by atoms with Crippen molar-refractivity contribution in [2.24, 2.45) is 0 Å². The quantitative estimate of drug-likeness (QED) is 0.515. The summed E-state index contributed by atoms with van der Waals surface area (Å²) in [7, 11) is -2.70. The summed E-state index contributed by atoms with van der Waals surface area (Å²) in [5.41, 5.74) is 0. The van der Waals surface area contributed by atoms with E-state index in [1.807, 2.05) is 0 Å². The van der Waals surface area contributed by atoms with Crippen LogP contribution in [0.25, 0.3) is 0 Å². The lowest BCUT2D eigenvalue weighted by molar-refractivity contribution is 0.285. The van der Waals surface area contributed by atoms with Gasteiger partial charge in [0.15, 0.2) is 0 Å². The van der Waals surface area contributed by atoms with Gasteiger partial charge in [0.1, 0.15) is 0 Å². The zero-order chi connectivity index (χ0) is 5.86. The fourth-order valence-electron chi connectivity index (χ4n) is 0.147. The highest BCUT2D eigenvalue weighted by atomic mass is 32.2. The predicted molar refractivity (Wildman–Crippen MR) is 26.2 cm³/mol. The maximum Gasteiger partial charge on any atom is 0.257 e. The molecule has 4 heteroatoms. The molecule has 0 saturated carbocycles. The molecule has 1 unspecified atom stereocenters. The first kappa shape index (κ1) is 6.91. The molecule has 0 aliphatic carbocycles. The third-order valence-electron chi connectivity index (χ3n) is 0.266. The summed E-state index contributed by atoms with van der Waals surface area (Å²) in [5, 5.41) is 0. The zero-order valence-corrected chi connectivity index (χ0v) is 4.85. The summed E-state index contributed by atoms with van der Waals surface area (Å²) < 4.78 is 23.3. The molecular formula is C3H7O3S. The van der Waals surface area contributed by atoms with Crippen LogP contribution in [0.15, 0.2) is 0 Å². The highest BCUT2D eigenvalue weighted by molar-refractivity contribution is 7.67. The molecular weight excluding hydrogens is 116 g/mol. The van der Waals surface area contributed by atoms with E-state index in [9.17, 15) is 8.42 Å². The predicted octanol–water partition coefficient (Wildman–Crippen LogP) is -0.248. The van der Waals surface area contributed by atoms with Crippen LogP contribution < -0.4 is 0 Å². The van der Waals surface area contributed by atoms with Crippen LogP contribution in [-0.2, 0) is 15.2 Å². The van der Waals surface area contributed by atoms with Crippen LogP contribution in [0.1, 0.15) is 6.92 Å². The average molecular weight is 123 g/mol. The lowest BCUT2D eigenvalue weighted by Gasteiger charge is -1.93. The highest BCUT2D eigenvalue weighted by Crippen LogP contribution is 1.83. The summed E-state index contributed by atoms with van der Waals surface area (Å²) in [6.45, 7) is 4.82. The van der Waals surface area contributed by atoms with Crippen molar-refractivity contribution >= 4 is 11.0 Å².